The van der Waals surface area contributed by atoms with Gasteiger partial charge in [-0.15, -0.1) is 0 Å². The van der Waals surface area contributed by atoms with Crippen LogP contribution in [0.15, 0.2) is 0 Å². The second kappa shape index (κ2) is 7.54. The lowest BCUT2D eigenvalue weighted by Crippen LogP contribution is -2.01. The van der Waals surface area contributed by atoms with Crippen LogP contribution in [-0.4, -0.2) is 22.8 Å². The van der Waals surface area contributed by atoms with Crippen molar-refractivity contribution in [1.82, 2.24) is 0 Å². The first-order valence-electron chi connectivity index (χ1n) is 4.49. The molecule has 0 radical (unpaired) electrons. The van der Waals surface area contributed by atoms with Crippen LogP contribution in [0.25, 0.3) is 0 Å². The second-order valence-electron chi connectivity index (χ2n) is 2.75. The van der Waals surface area contributed by atoms with Crippen LogP contribution >= 0.6 is 6.80 Å². The molecule has 0 heterocycles. The second-order valence-corrected chi connectivity index (χ2v) is 7.00. The molecule has 0 aliphatic rings. The number of hydrogen-bond donors (Lipinski definition) is 1. The molecule has 0 rings (SSSR count). The first-order chi connectivity index (χ1) is 6.54. The van der Waals surface area contributed by atoms with Crippen molar-refractivity contribution >= 4 is 17.5 Å². The average Bonchev–Trinajstić information content (AvgIpc) is 2.17. The van der Waals surface area contributed by atoms with E-state index in [0.717, 1.165) is 32.8 Å². The summed E-state index contributed by atoms with van der Waals surface area (Å²) in [6.45, 7) is -1.77. The number of hydrogen-bond acceptors (Lipinski definition) is 4. The van der Waals surface area contributed by atoms with Gasteiger partial charge in [-0.2, -0.15) is 0 Å². The van der Waals surface area contributed by atoms with Gasteiger partial charge in [0.15, 0.2) is 0 Å². The third-order valence-corrected chi connectivity index (χ3v) is 4.70. The number of unbranched alkanes of at least 4 members (excludes halogenated alkanes) is 3. The van der Waals surface area contributed by atoms with Gasteiger partial charge < -0.3 is 9.42 Å². The minimum Gasteiger partial charge on any atom is -0.313 e. The van der Waals surface area contributed by atoms with Gasteiger partial charge >= 0.3 is 6.80 Å². The molecule has 0 bridgehead atoms. The lowest BCUT2D eigenvalue weighted by Gasteiger charge is -2.07. The van der Waals surface area contributed by atoms with Crippen molar-refractivity contribution in [3.05, 3.63) is 0 Å². The van der Waals surface area contributed by atoms with Crippen LogP contribution in [0, 0.1) is 0 Å². The fraction of sp³-hybridized carbons (Fsp3) is 1.00. The van der Waals surface area contributed by atoms with E-state index in [4.69, 9.17) is 4.89 Å². The van der Waals surface area contributed by atoms with Crippen LogP contribution in [0.3, 0.4) is 0 Å². The quantitative estimate of drug-likeness (QED) is 0.522. The maximum atomic E-state index is 11.0. The molecule has 0 aromatic carbocycles. The molecule has 86 valence electrons. The SMILES string of the molecule is CCCCCCOS(=O)P(=O)(O)OC. The fourth-order valence-corrected chi connectivity index (χ4v) is 2.29. The Kier molecular flexibility index (Phi) is 7.68. The topological polar surface area (TPSA) is 72.8 Å². The third kappa shape index (κ3) is 5.88. The summed E-state index contributed by atoms with van der Waals surface area (Å²) in [4.78, 5) is 8.90. The molecule has 1 N–H and O–H groups in total. The van der Waals surface area contributed by atoms with Gasteiger partial charge in [0.1, 0.15) is 0 Å². The predicted molar refractivity (Wildman–Crippen MR) is 55.1 cm³/mol. The monoisotopic (exact) mass is 244 g/mol. The maximum absolute atomic E-state index is 11.0. The summed E-state index contributed by atoms with van der Waals surface area (Å²) < 4.78 is 30.7. The zero-order chi connectivity index (χ0) is 11.0. The van der Waals surface area contributed by atoms with Crippen molar-refractivity contribution in [2.45, 2.75) is 32.6 Å². The molecule has 0 aromatic rings. The molecular weight excluding hydrogens is 227 g/mol. The molecule has 0 saturated heterocycles. The first-order valence-corrected chi connectivity index (χ1v) is 7.74. The summed E-state index contributed by atoms with van der Waals surface area (Å²) in [5, 5.41) is 0. The van der Waals surface area contributed by atoms with E-state index in [9.17, 15) is 8.77 Å². The van der Waals surface area contributed by atoms with Crippen LogP contribution in [-0.2, 0) is 24.0 Å². The van der Waals surface area contributed by atoms with Crippen molar-refractivity contribution in [2.75, 3.05) is 13.7 Å². The van der Waals surface area contributed by atoms with Crippen molar-refractivity contribution < 1.29 is 22.4 Å². The standard InChI is InChI=1S/C7H17O5PS/c1-3-4-5-6-7-12-14(10)13(8,9)11-2/h3-7H2,1-2H3,(H,8,9). The Bertz CT molecular complexity index is 220. The zero-order valence-corrected chi connectivity index (χ0v) is 10.2. The van der Waals surface area contributed by atoms with Crippen LogP contribution in [0.5, 0.6) is 0 Å². The van der Waals surface area contributed by atoms with Crippen LogP contribution in [0.4, 0.5) is 0 Å². The lowest BCUT2D eigenvalue weighted by molar-refractivity contribution is 0.307. The maximum Gasteiger partial charge on any atom is 0.442 e. The minimum atomic E-state index is -4.07. The summed E-state index contributed by atoms with van der Waals surface area (Å²) in [5.41, 5.74) is 0. The Morgan fingerprint density at radius 1 is 1.36 bits per heavy atom. The van der Waals surface area contributed by atoms with Crippen molar-refractivity contribution in [1.29, 1.82) is 0 Å². The van der Waals surface area contributed by atoms with E-state index < -0.39 is 17.5 Å². The van der Waals surface area contributed by atoms with Gasteiger partial charge in [0.25, 0.3) is 10.7 Å². The largest absolute Gasteiger partial charge is 0.442 e. The molecule has 0 aromatic heterocycles. The minimum absolute atomic E-state index is 0.223. The first kappa shape index (κ1) is 14.3. The molecule has 0 aliphatic heterocycles. The number of rotatable bonds is 8. The highest BCUT2D eigenvalue weighted by Crippen LogP contribution is 2.45. The highest BCUT2D eigenvalue weighted by atomic mass is 32.8. The van der Waals surface area contributed by atoms with Crippen molar-refractivity contribution in [2.24, 2.45) is 0 Å². The Morgan fingerprint density at radius 2 is 2.00 bits per heavy atom. The van der Waals surface area contributed by atoms with E-state index in [-0.39, 0.29) is 6.61 Å². The van der Waals surface area contributed by atoms with Crippen molar-refractivity contribution in [3.63, 3.8) is 0 Å². The van der Waals surface area contributed by atoms with E-state index in [1.165, 1.54) is 0 Å². The van der Waals surface area contributed by atoms with Gasteiger partial charge in [-0.25, -0.2) is 8.77 Å². The molecule has 14 heavy (non-hydrogen) atoms. The molecule has 0 saturated carbocycles. The van der Waals surface area contributed by atoms with Gasteiger partial charge in [0.05, 0.1) is 6.61 Å². The normalized spacial score (nSPS) is 17.6. The Morgan fingerprint density at radius 3 is 2.50 bits per heavy atom. The van der Waals surface area contributed by atoms with E-state index in [0.29, 0.717) is 0 Å². The van der Waals surface area contributed by atoms with E-state index in [1.54, 1.807) is 0 Å². The van der Waals surface area contributed by atoms with Gasteiger partial charge in [0, 0.05) is 7.11 Å². The van der Waals surface area contributed by atoms with E-state index in [1.807, 2.05) is 0 Å². The molecule has 0 amide bonds. The average molecular weight is 244 g/mol. The van der Waals surface area contributed by atoms with Crippen LogP contribution in [0.2, 0.25) is 0 Å². The van der Waals surface area contributed by atoms with Gasteiger partial charge in [-0.1, -0.05) is 26.2 Å². The fourth-order valence-electron chi connectivity index (χ4n) is 0.787. The highest BCUT2D eigenvalue weighted by Gasteiger charge is 2.28. The molecule has 0 fully saturated rings. The molecule has 2 unspecified atom stereocenters. The Hall–Kier alpha value is 0.260. The highest BCUT2D eigenvalue weighted by molar-refractivity contribution is 8.43. The summed E-state index contributed by atoms with van der Waals surface area (Å²) >= 11 is 0. The summed E-state index contributed by atoms with van der Waals surface area (Å²) in [5.74, 6) is 0. The van der Waals surface area contributed by atoms with Crippen LogP contribution < -0.4 is 0 Å². The summed E-state index contributed by atoms with van der Waals surface area (Å²) in [6.07, 6.45) is 3.89. The molecule has 0 aliphatic carbocycles. The van der Waals surface area contributed by atoms with Gasteiger partial charge in [-0.3, -0.25) is 4.18 Å². The smallest absolute Gasteiger partial charge is 0.313 e. The molecule has 0 spiro atoms. The lowest BCUT2D eigenvalue weighted by atomic mass is 10.2. The summed E-state index contributed by atoms with van der Waals surface area (Å²) in [6, 6.07) is 0. The Labute approximate surface area is 86.7 Å². The van der Waals surface area contributed by atoms with Crippen LogP contribution in [0.1, 0.15) is 32.6 Å². The third-order valence-electron chi connectivity index (χ3n) is 1.60. The van der Waals surface area contributed by atoms with Gasteiger partial charge in [-0.05, 0) is 6.42 Å². The molecule has 5 nitrogen and oxygen atoms in total. The van der Waals surface area contributed by atoms with E-state index in [2.05, 4.69) is 15.6 Å². The summed E-state index contributed by atoms with van der Waals surface area (Å²) in [7, 11) is -1.22. The Balaban J connectivity index is 3.60. The molecule has 2 atom stereocenters. The zero-order valence-electron chi connectivity index (χ0n) is 8.47. The van der Waals surface area contributed by atoms with Gasteiger partial charge in [0.2, 0.25) is 0 Å². The predicted octanol–water partition coefficient (Wildman–Crippen LogP) is 1.99. The molecular formula is C7H17O5PS. The van der Waals surface area contributed by atoms with Crippen molar-refractivity contribution in [3.8, 4) is 0 Å². The molecule has 7 heteroatoms. The van der Waals surface area contributed by atoms with E-state index >= 15 is 0 Å².